The fourth-order valence-corrected chi connectivity index (χ4v) is 2.72. The summed E-state index contributed by atoms with van der Waals surface area (Å²) in [6.07, 6.45) is 1.42. The standard InChI is InChI=1S/C13H20O3S/c1-11(16-17(4,14)15)10-13(2,3)12-8-6-5-7-9-12/h5-9,11H,10H2,1-4H3/t11-/m0/s1. The molecule has 96 valence electrons. The number of rotatable bonds is 5. The van der Waals surface area contributed by atoms with E-state index in [1.54, 1.807) is 6.92 Å². The average Bonchev–Trinajstić information content (AvgIpc) is 2.15. The molecule has 0 saturated heterocycles. The van der Waals surface area contributed by atoms with E-state index >= 15 is 0 Å². The normalized spacial score (nSPS) is 14.6. The van der Waals surface area contributed by atoms with Crippen LogP contribution in [-0.4, -0.2) is 20.8 Å². The second-order valence-corrected chi connectivity index (χ2v) is 6.67. The van der Waals surface area contributed by atoms with E-state index < -0.39 is 10.1 Å². The van der Waals surface area contributed by atoms with Crippen molar-refractivity contribution in [3.8, 4) is 0 Å². The number of hydrogen-bond donors (Lipinski definition) is 0. The molecule has 0 unspecified atom stereocenters. The summed E-state index contributed by atoms with van der Waals surface area (Å²) in [5.74, 6) is 0. The van der Waals surface area contributed by atoms with Crippen LogP contribution in [-0.2, 0) is 19.7 Å². The molecule has 0 N–H and O–H groups in total. The zero-order valence-electron chi connectivity index (χ0n) is 10.8. The number of hydrogen-bond acceptors (Lipinski definition) is 3. The fourth-order valence-electron chi connectivity index (χ4n) is 2.06. The topological polar surface area (TPSA) is 43.4 Å². The first-order valence-electron chi connectivity index (χ1n) is 5.64. The second-order valence-electron chi connectivity index (χ2n) is 5.06. The highest BCUT2D eigenvalue weighted by Crippen LogP contribution is 2.29. The highest BCUT2D eigenvalue weighted by molar-refractivity contribution is 7.86. The van der Waals surface area contributed by atoms with Gasteiger partial charge in [0.1, 0.15) is 0 Å². The maximum absolute atomic E-state index is 11.0. The molecule has 0 radical (unpaired) electrons. The Morgan fingerprint density at radius 3 is 2.24 bits per heavy atom. The minimum Gasteiger partial charge on any atom is -0.267 e. The Kier molecular flexibility index (Phi) is 4.33. The van der Waals surface area contributed by atoms with Gasteiger partial charge < -0.3 is 0 Å². The summed E-state index contributed by atoms with van der Waals surface area (Å²) in [6.45, 7) is 5.96. The Morgan fingerprint density at radius 2 is 1.76 bits per heavy atom. The lowest BCUT2D eigenvalue weighted by atomic mass is 9.80. The van der Waals surface area contributed by atoms with Crippen molar-refractivity contribution in [2.75, 3.05) is 6.26 Å². The molecule has 1 aromatic carbocycles. The SMILES string of the molecule is C[C@@H](CC(C)(C)c1ccccc1)OS(C)(=O)=O. The molecule has 0 aliphatic heterocycles. The van der Waals surface area contributed by atoms with Gasteiger partial charge in [-0.3, -0.25) is 4.18 Å². The lowest BCUT2D eigenvalue weighted by Gasteiger charge is -2.28. The molecule has 4 heteroatoms. The number of benzene rings is 1. The van der Waals surface area contributed by atoms with Gasteiger partial charge in [-0.15, -0.1) is 0 Å². The smallest absolute Gasteiger partial charge is 0.264 e. The highest BCUT2D eigenvalue weighted by Gasteiger charge is 2.25. The summed E-state index contributed by atoms with van der Waals surface area (Å²) in [5, 5.41) is 0. The molecule has 1 aromatic rings. The van der Waals surface area contributed by atoms with Crippen LogP contribution in [0, 0.1) is 0 Å². The molecule has 0 aliphatic rings. The average molecular weight is 256 g/mol. The van der Waals surface area contributed by atoms with Gasteiger partial charge in [0.25, 0.3) is 10.1 Å². The lowest BCUT2D eigenvalue weighted by molar-refractivity contribution is 0.190. The van der Waals surface area contributed by atoms with E-state index in [1.165, 1.54) is 5.56 Å². The van der Waals surface area contributed by atoms with Crippen molar-refractivity contribution in [3.05, 3.63) is 35.9 Å². The van der Waals surface area contributed by atoms with E-state index in [2.05, 4.69) is 13.8 Å². The van der Waals surface area contributed by atoms with Crippen LogP contribution in [0.1, 0.15) is 32.8 Å². The molecule has 0 aliphatic carbocycles. The molecular weight excluding hydrogens is 236 g/mol. The van der Waals surface area contributed by atoms with Crippen LogP contribution in [0.15, 0.2) is 30.3 Å². The van der Waals surface area contributed by atoms with Gasteiger partial charge in [-0.2, -0.15) is 8.42 Å². The van der Waals surface area contributed by atoms with Gasteiger partial charge >= 0.3 is 0 Å². The van der Waals surface area contributed by atoms with Gasteiger partial charge in [-0.1, -0.05) is 44.2 Å². The van der Waals surface area contributed by atoms with Crippen LogP contribution in [0.3, 0.4) is 0 Å². The Morgan fingerprint density at radius 1 is 1.24 bits per heavy atom. The van der Waals surface area contributed by atoms with Crippen molar-refractivity contribution in [1.82, 2.24) is 0 Å². The Bertz CT molecular complexity index is 449. The first-order chi connectivity index (χ1) is 7.71. The van der Waals surface area contributed by atoms with Gasteiger partial charge in [-0.25, -0.2) is 0 Å². The van der Waals surface area contributed by atoms with E-state index in [4.69, 9.17) is 4.18 Å². The molecule has 1 rings (SSSR count). The lowest BCUT2D eigenvalue weighted by Crippen LogP contribution is -2.26. The van der Waals surface area contributed by atoms with Gasteiger partial charge in [-0.05, 0) is 24.3 Å². The molecule has 0 fully saturated rings. The molecular formula is C13H20O3S. The predicted molar refractivity (Wildman–Crippen MR) is 69.5 cm³/mol. The predicted octanol–water partition coefficient (Wildman–Crippen LogP) is 2.72. The Hall–Kier alpha value is -0.870. The van der Waals surface area contributed by atoms with E-state index in [9.17, 15) is 8.42 Å². The van der Waals surface area contributed by atoms with Crippen LogP contribution < -0.4 is 0 Å². The van der Waals surface area contributed by atoms with Gasteiger partial charge in [0.15, 0.2) is 0 Å². The molecule has 3 nitrogen and oxygen atoms in total. The van der Waals surface area contributed by atoms with Gasteiger partial charge in [0.05, 0.1) is 12.4 Å². The molecule has 0 amide bonds. The van der Waals surface area contributed by atoms with Crippen molar-refractivity contribution >= 4 is 10.1 Å². The maximum atomic E-state index is 11.0. The molecule has 0 saturated carbocycles. The zero-order chi connectivity index (χ0) is 13.1. The van der Waals surface area contributed by atoms with Crippen molar-refractivity contribution in [1.29, 1.82) is 0 Å². The van der Waals surface area contributed by atoms with Crippen LogP contribution in [0.4, 0.5) is 0 Å². The van der Waals surface area contributed by atoms with E-state index in [0.717, 1.165) is 6.26 Å². The maximum Gasteiger partial charge on any atom is 0.264 e. The molecule has 0 bridgehead atoms. The van der Waals surface area contributed by atoms with Crippen molar-refractivity contribution in [2.24, 2.45) is 0 Å². The largest absolute Gasteiger partial charge is 0.267 e. The highest BCUT2D eigenvalue weighted by atomic mass is 32.2. The third-order valence-electron chi connectivity index (χ3n) is 2.69. The zero-order valence-corrected chi connectivity index (χ0v) is 11.6. The van der Waals surface area contributed by atoms with Crippen molar-refractivity contribution in [2.45, 2.75) is 38.7 Å². The van der Waals surface area contributed by atoms with Crippen LogP contribution in [0.25, 0.3) is 0 Å². The molecule has 17 heavy (non-hydrogen) atoms. The van der Waals surface area contributed by atoms with Crippen molar-refractivity contribution < 1.29 is 12.6 Å². The Balaban J connectivity index is 2.74. The van der Waals surface area contributed by atoms with E-state index in [0.29, 0.717) is 6.42 Å². The first-order valence-corrected chi connectivity index (χ1v) is 7.46. The first kappa shape index (κ1) is 14.2. The summed E-state index contributed by atoms with van der Waals surface area (Å²) < 4.78 is 27.1. The minimum absolute atomic E-state index is 0.106. The third-order valence-corrected chi connectivity index (χ3v) is 3.37. The third kappa shape index (κ3) is 4.88. The summed E-state index contributed by atoms with van der Waals surface area (Å²) in [4.78, 5) is 0. The fraction of sp³-hybridized carbons (Fsp3) is 0.538. The second kappa shape index (κ2) is 5.19. The minimum atomic E-state index is -3.38. The summed E-state index contributed by atoms with van der Waals surface area (Å²) in [7, 11) is -3.38. The summed E-state index contributed by atoms with van der Waals surface area (Å²) in [5.41, 5.74) is 1.08. The molecule has 0 aromatic heterocycles. The monoisotopic (exact) mass is 256 g/mol. The van der Waals surface area contributed by atoms with Crippen LogP contribution in [0.5, 0.6) is 0 Å². The van der Waals surface area contributed by atoms with Gasteiger partial charge in [0, 0.05) is 0 Å². The Labute approximate surface area is 104 Å². The summed E-state index contributed by atoms with van der Waals surface area (Å²) in [6, 6.07) is 10.0. The summed E-state index contributed by atoms with van der Waals surface area (Å²) >= 11 is 0. The van der Waals surface area contributed by atoms with Gasteiger partial charge in [0.2, 0.25) is 0 Å². The quantitative estimate of drug-likeness (QED) is 0.761. The van der Waals surface area contributed by atoms with Crippen molar-refractivity contribution in [3.63, 3.8) is 0 Å². The molecule has 0 spiro atoms. The van der Waals surface area contributed by atoms with E-state index in [-0.39, 0.29) is 11.5 Å². The molecule has 1 atom stereocenters. The van der Waals surface area contributed by atoms with Crippen LogP contribution >= 0.6 is 0 Å². The molecule has 0 heterocycles. The van der Waals surface area contributed by atoms with Crippen LogP contribution in [0.2, 0.25) is 0 Å². The van der Waals surface area contributed by atoms with E-state index in [1.807, 2.05) is 30.3 Å².